The van der Waals surface area contributed by atoms with Gasteiger partial charge in [-0.3, -0.25) is 14.4 Å². The molecule has 0 fully saturated rings. The summed E-state index contributed by atoms with van der Waals surface area (Å²) >= 11 is 0. The number of fused-ring (bicyclic) bond motifs is 1. The van der Waals surface area contributed by atoms with E-state index in [0.717, 1.165) is 22.3 Å². The van der Waals surface area contributed by atoms with Crippen LogP contribution in [0.2, 0.25) is 0 Å². The number of amides is 3. The highest BCUT2D eigenvalue weighted by atomic mass is 19.4. The van der Waals surface area contributed by atoms with E-state index in [9.17, 15) is 50.9 Å². The molecule has 1 aliphatic rings. The largest absolute Gasteiger partial charge is 0.486 e. The molecule has 3 amide bonds. The summed E-state index contributed by atoms with van der Waals surface area (Å²) < 4.78 is 82.1. The van der Waals surface area contributed by atoms with Crippen LogP contribution in [-0.4, -0.2) is 77.5 Å². The van der Waals surface area contributed by atoms with Crippen molar-refractivity contribution in [2.45, 2.75) is 43.7 Å². The molecule has 2 rings (SSSR count). The first kappa shape index (κ1) is 27.2. The smallest absolute Gasteiger partial charge is 0.455 e. The normalized spacial score (nSPS) is 20.5. The number of benzene rings is 1. The van der Waals surface area contributed by atoms with E-state index < -0.39 is 66.5 Å². The minimum Gasteiger partial charge on any atom is -0.486 e. The number of carbonyl (C=O) groups is 3. The lowest BCUT2D eigenvalue weighted by molar-refractivity contribution is -0.278. The van der Waals surface area contributed by atoms with E-state index in [1.807, 2.05) is 5.32 Å². The van der Waals surface area contributed by atoms with Crippen molar-refractivity contribution >= 4 is 23.4 Å². The van der Waals surface area contributed by atoms with E-state index in [0.29, 0.717) is 6.92 Å². The number of ether oxygens (including phenoxy) is 1. The van der Waals surface area contributed by atoms with Crippen LogP contribution in [0.5, 0.6) is 5.75 Å². The lowest BCUT2D eigenvalue weighted by Gasteiger charge is -2.29. The van der Waals surface area contributed by atoms with Crippen LogP contribution in [0.25, 0.3) is 0 Å². The number of hydrogen-bond donors (Lipinski definition) is 4. The van der Waals surface area contributed by atoms with E-state index in [-0.39, 0.29) is 18.0 Å². The second-order valence-corrected chi connectivity index (χ2v) is 7.56. The third-order valence-electron chi connectivity index (χ3n) is 4.91. The van der Waals surface area contributed by atoms with Crippen molar-refractivity contribution in [2.75, 3.05) is 24.6 Å². The first-order chi connectivity index (χ1) is 15.5. The molecule has 0 saturated heterocycles. The second kappa shape index (κ2) is 9.66. The first-order valence-corrected chi connectivity index (χ1v) is 9.67. The summed E-state index contributed by atoms with van der Waals surface area (Å²) in [4.78, 5) is 38.4. The minimum atomic E-state index is -5.99. The molecule has 190 valence electrons. The zero-order valence-electron chi connectivity index (χ0n) is 17.8. The van der Waals surface area contributed by atoms with E-state index >= 15 is 0 Å². The Hall–Kier alpha value is -3.07. The molecule has 0 bridgehead atoms. The van der Waals surface area contributed by atoms with Crippen LogP contribution < -0.4 is 20.3 Å². The maximum Gasteiger partial charge on any atom is 0.455 e. The number of carbonyl (C=O) groups excluding carboxylic acids is 3. The third kappa shape index (κ3) is 5.52. The van der Waals surface area contributed by atoms with Crippen LogP contribution in [0, 0.1) is 5.82 Å². The molecule has 0 unspecified atom stereocenters. The van der Waals surface area contributed by atoms with Crippen LogP contribution in [-0.2, 0) is 14.4 Å². The Bertz CT molecular complexity index is 955. The van der Waals surface area contributed by atoms with Crippen LogP contribution in [0.4, 0.5) is 32.0 Å². The van der Waals surface area contributed by atoms with Crippen molar-refractivity contribution in [3.05, 3.63) is 24.0 Å². The first-order valence-electron chi connectivity index (χ1n) is 9.67. The van der Waals surface area contributed by atoms with E-state index in [4.69, 9.17) is 4.74 Å². The Labute approximate surface area is 188 Å². The number of aliphatic hydroxyl groups is 2. The molecule has 1 heterocycles. The zero-order valence-corrected chi connectivity index (χ0v) is 17.8. The standard InChI is InChI=1S/C19H21F6N3O6/c1-9-13(14(30)28(5-6-29)11-7-10(20)3-4-12(11)34-9)27-16(32)17(2,33)15(31)26-8-18(21,22)19(23,24)25/h3-4,7,9,13,29,33H,5-6,8H2,1-2H3,(H,26,31)(H,27,32)/t9-,13+,17+/m1/s1. The minimum absolute atomic E-state index is 0.00587. The number of aliphatic hydroxyl groups excluding tert-OH is 1. The molecule has 15 heteroatoms. The Kier molecular flexibility index (Phi) is 7.72. The predicted octanol–water partition coefficient (Wildman–Crippen LogP) is 0.481. The molecule has 0 spiro atoms. The maximum atomic E-state index is 13.7. The lowest BCUT2D eigenvalue weighted by Crippen LogP contribution is -2.63. The summed E-state index contributed by atoms with van der Waals surface area (Å²) in [5, 5.41) is 22.6. The number of nitrogens with zero attached hydrogens (tertiary/aromatic N) is 1. The van der Waals surface area contributed by atoms with Gasteiger partial charge in [0.15, 0.2) is 0 Å². The topological polar surface area (TPSA) is 128 Å². The summed E-state index contributed by atoms with van der Waals surface area (Å²) in [6.45, 7) is -1.36. The fourth-order valence-electron chi connectivity index (χ4n) is 2.92. The molecule has 0 aromatic heterocycles. The molecule has 1 aromatic rings. The number of β-amino-alcohol motifs (C(OH)–C–C–N with tert-alkyl or cyclic N) is 1. The van der Waals surface area contributed by atoms with Gasteiger partial charge in [-0.15, -0.1) is 0 Å². The molecule has 1 aliphatic heterocycles. The van der Waals surface area contributed by atoms with Gasteiger partial charge < -0.3 is 30.5 Å². The number of alkyl halides is 5. The molecular weight excluding hydrogens is 480 g/mol. The Balaban J connectivity index is 2.23. The van der Waals surface area contributed by atoms with Gasteiger partial charge in [0.25, 0.3) is 17.7 Å². The Morgan fingerprint density at radius 2 is 1.79 bits per heavy atom. The molecule has 0 aliphatic carbocycles. The summed E-state index contributed by atoms with van der Waals surface area (Å²) in [6, 6.07) is 1.51. The van der Waals surface area contributed by atoms with Gasteiger partial charge in [-0.05, 0) is 26.0 Å². The van der Waals surface area contributed by atoms with Crippen molar-refractivity contribution in [1.29, 1.82) is 0 Å². The van der Waals surface area contributed by atoms with Crippen molar-refractivity contribution in [2.24, 2.45) is 0 Å². The Morgan fingerprint density at radius 1 is 1.18 bits per heavy atom. The number of rotatable bonds is 7. The molecule has 34 heavy (non-hydrogen) atoms. The van der Waals surface area contributed by atoms with Crippen LogP contribution >= 0.6 is 0 Å². The number of halogens is 6. The van der Waals surface area contributed by atoms with Crippen LogP contribution in [0.1, 0.15) is 13.8 Å². The molecular formula is C19H21F6N3O6. The molecule has 4 N–H and O–H groups in total. The van der Waals surface area contributed by atoms with Crippen LogP contribution in [0.3, 0.4) is 0 Å². The van der Waals surface area contributed by atoms with Crippen molar-refractivity contribution in [3.63, 3.8) is 0 Å². The Morgan fingerprint density at radius 3 is 2.35 bits per heavy atom. The van der Waals surface area contributed by atoms with Crippen molar-refractivity contribution in [3.8, 4) is 5.75 Å². The second-order valence-electron chi connectivity index (χ2n) is 7.56. The fourth-order valence-corrected chi connectivity index (χ4v) is 2.92. The van der Waals surface area contributed by atoms with Crippen molar-refractivity contribution in [1.82, 2.24) is 10.6 Å². The molecule has 0 radical (unpaired) electrons. The summed E-state index contributed by atoms with van der Waals surface area (Å²) in [7, 11) is 0. The van der Waals surface area contributed by atoms with E-state index in [1.165, 1.54) is 13.0 Å². The number of anilines is 1. The molecule has 9 nitrogen and oxygen atoms in total. The molecule has 1 aromatic carbocycles. The lowest BCUT2D eigenvalue weighted by atomic mass is 10.0. The summed E-state index contributed by atoms with van der Waals surface area (Å²) in [5.41, 5.74) is -3.25. The third-order valence-corrected chi connectivity index (χ3v) is 4.91. The van der Waals surface area contributed by atoms with Gasteiger partial charge in [0.2, 0.25) is 5.60 Å². The van der Waals surface area contributed by atoms with Crippen LogP contribution in [0.15, 0.2) is 18.2 Å². The average molecular weight is 501 g/mol. The number of nitrogens with one attached hydrogen (secondary N) is 2. The molecule has 3 atom stereocenters. The highest BCUT2D eigenvalue weighted by Gasteiger charge is 2.58. The van der Waals surface area contributed by atoms with Gasteiger partial charge in [-0.2, -0.15) is 22.0 Å². The monoisotopic (exact) mass is 501 g/mol. The van der Waals surface area contributed by atoms with Gasteiger partial charge in [-0.25, -0.2) is 4.39 Å². The summed E-state index contributed by atoms with van der Waals surface area (Å²) in [6.07, 6.45) is -7.17. The van der Waals surface area contributed by atoms with Gasteiger partial charge in [0.05, 0.1) is 18.8 Å². The van der Waals surface area contributed by atoms with E-state index in [2.05, 4.69) is 0 Å². The SMILES string of the molecule is C[C@H]1Oc2ccc(F)cc2N(CCO)C(=O)[C@H]1NC(=O)[C@@](C)(O)C(=O)NCC(F)(F)C(F)(F)F. The fraction of sp³-hybridized carbons (Fsp3) is 0.526. The quantitative estimate of drug-likeness (QED) is 0.318. The van der Waals surface area contributed by atoms with Gasteiger partial charge in [-0.1, -0.05) is 0 Å². The summed E-state index contributed by atoms with van der Waals surface area (Å²) in [5.74, 6) is -10.5. The van der Waals surface area contributed by atoms with Gasteiger partial charge in [0.1, 0.15) is 23.7 Å². The number of hydrogen-bond acceptors (Lipinski definition) is 6. The van der Waals surface area contributed by atoms with Gasteiger partial charge in [0, 0.05) is 12.6 Å². The molecule has 0 saturated carbocycles. The zero-order chi connectivity index (χ0) is 26.1. The maximum absolute atomic E-state index is 13.7. The highest BCUT2D eigenvalue weighted by molar-refractivity contribution is 6.10. The van der Waals surface area contributed by atoms with Crippen molar-refractivity contribution < 1.29 is 55.7 Å². The average Bonchev–Trinajstić information content (AvgIpc) is 2.81. The van der Waals surface area contributed by atoms with Gasteiger partial charge >= 0.3 is 12.1 Å². The predicted molar refractivity (Wildman–Crippen MR) is 102 cm³/mol. The highest BCUT2D eigenvalue weighted by Crippen LogP contribution is 2.35. The van der Waals surface area contributed by atoms with E-state index in [1.54, 1.807) is 0 Å².